The van der Waals surface area contributed by atoms with Gasteiger partial charge in [-0.1, -0.05) is 12.1 Å². The molecule has 0 saturated carbocycles. The van der Waals surface area contributed by atoms with E-state index in [1.807, 2.05) is 6.07 Å². The van der Waals surface area contributed by atoms with Crippen molar-refractivity contribution in [2.45, 2.75) is 6.54 Å². The molecule has 0 aliphatic carbocycles. The number of aromatic nitrogens is 3. The maximum absolute atomic E-state index is 12.3. The zero-order valence-electron chi connectivity index (χ0n) is 14.8. The quantitative estimate of drug-likeness (QED) is 0.514. The van der Waals surface area contributed by atoms with E-state index < -0.39 is 0 Å². The van der Waals surface area contributed by atoms with Gasteiger partial charge in [-0.2, -0.15) is 16.4 Å². The maximum Gasteiger partial charge on any atom is 0.348 e. The molecule has 0 aliphatic heterocycles. The summed E-state index contributed by atoms with van der Waals surface area (Å²) >= 11 is 1.67. The number of nitrogens with one attached hydrogen (secondary N) is 2. The fraction of sp³-hybridized carbons (Fsp3) is 0.263. The van der Waals surface area contributed by atoms with Crippen LogP contribution >= 0.6 is 11.3 Å². The van der Waals surface area contributed by atoms with Crippen molar-refractivity contribution < 1.29 is 0 Å². The highest BCUT2D eigenvalue weighted by Gasteiger charge is 2.11. The van der Waals surface area contributed by atoms with Crippen LogP contribution in [0.2, 0.25) is 0 Å². The first-order valence-corrected chi connectivity index (χ1v) is 9.48. The van der Waals surface area contributed by atoms with E-state index in [0.29, 0.717) is 5.65 Å². The van der Waals surface area contributed by atoms with E-state index in [-0.39, 0.29) is 5.69 Å². The average molecular weight is 367 g/mol. The van der Waals surface area contributed by atoms with Gasteiger partial charge in [0.25, 0.3) is 0 Å². The van der Waals surface area contributed by atoms with Gasteiger partial charge in [-0.05, 0) is 59.7 Å². The SMILES string of the molecule is CN(C)CCNCc1cc2n[nH]c(=O)n2c2cc(-c3ccsc3)ccc12. The van der Waals surface area contributed by atoms with Crippen molar-refractivity contribution >= 4 is 27.9 Å². The number of hydrogen-bond acceptors (Lipinski definition) is 5. The Hall–Kier alpha value is -2.48. The van der Waals surface area contributed by atoms with Gasteiger partial charge in [-0.15, -0.1) is 0 Å². The second-order valence-electron chi connectivity index (χ2n) is 6.62. The van der Waals surface area contributed by atoms with Crippen LogP contribution in [0.4, 0.5) is 0 Å². The average Bonchev–Trinajstić information content (AvgIpc) is 3.28. The number of benzene rings is 1. The molecule has 4 aromatic rings. The van der Waals surface area contributed by atoms with E-state index >= 15 is 0 Å². The summed E-state index contributed by atoms with van der Waals surface area (Å²) < 4.78 is 1.65. The van der Waals surface area contributed by atoms with Crippen LogP contribution in [0.15, 0.2) is 45.9 Å². The molecule has 0 spiro atoms. The van der Waals surface area contributed by atoms with Crippen molar-refractivity contribution in [3.63, 3.8) is 0 Å². The molecule has 6 nitrogen and oxygen atoms in total. The molecule has 1 aromatic carbocycles. The molecule has 7 heteroatoms. The van der Waals surface area contributed by atoms with Crippen molar-refractivity contribution in [2.24, 2.45) is 0 Å². The number of likely N-dealkylation sites (N-methyl/N-ethyl adjacent to an activating group) is 1. The van der Waals surface area contributed by atoms with Gasteiger partial charge in [0, 0.05) is 25.0 Å². The number of H-pyrrole nitrogens is 1. The third-order valence-corrected chi connectivity index (χ3v) is 5.18. The molecule has 0 unspecified atom stereocenters. The lowest BCUT2D eigenvalue weighted by atomic mass is 10.0. The number of pyridine rings is 1. The fourth-order valence-corrected chi connectivity index (χ4v) is 3.81. The molecule has 26 heavy (non-hydrogen) atoms. The van der Waals surface area contributed by atoms with E-state index in [1.165, 1.54) is 0 Å². The Morgan fingerprint density at radius 3 is 2.88 bits per heavy atom. The number of fused-ring (bicyclic) bond motifs is 3. The fourth-order valence-electron chi connectivity index (χ4n) is 3.14. The molecule has 3 heterocycles. The smallest absolute Gasteiger partial charge is 0.311 e. The lowest BCUT2D eigenvalue weighted by Gasteiger charge is -2.13. The predicted octanol–water partition coefficient (Wildman–Crippen LogP) is 2.56. The summed E-state index contributed by atoms with van der Waals surface area (Å²) in [7, 11) is 4.12. The van der Waals surface area contributed by atoms with E-state index in [0.717, 1.165) is 47.2 Å². The minimum atomic E-state index is -0.209. The van der Waals surface area contributed by atoms with Crippen molar-refractivity contribution in [3.8, 4) is 11.1 Å². The topological polar surface area (TPSA) is 65.4 Å². The molecule has 0 saturated heterocycles. The van der Waals surface area contributed by atoms with E-state index in [2.05, 4.69) is 69.5 Å². The van der Waals surface area contributed by atoms with Crippen LogP contribution in [0, 0.1) is 0 Å². The second kappa shape index (κ2) is 7.03. The van der Waals surface area contributed by atoms with E-state index in [1.54, 1.807) is 15.7 Å². The highest BCUT2D eigenvalue weighted by Crippen LogP contribution is 2.28. The van der Waals surface area contributed by atoms with Crippen LogP contribution in [0.3, 0.4) is 0 Å². The van der Waals surface area contributed by atoms with Gasteiger partial charge in [0.05, 0.1) is 5.52 Å². The van der Waals surface area contributed by atoms with Crippen molar-refractivity contribution in [2.75, 3.05) is 27.2 Å². The molecule has 0 radical (unpaired) electrons. The zero-order chi connectivity index (χ0) is 18.1. The van der Waals surface area contributed by atoms with Gasteiger partial charge < -0.3 is 10.2 Å². The van der Waals surface area contributed by atoms with Gasteiger partial charge in [0.1, 0.15) is 0 Å². The second-order valence-corrected chi connectivity index (χ2v) is 7.40. The highest BCUT2D eigenvalue weighted by molar-refractivity contribution is 7.08. The Bertz CT molecular complexity index is 1090. The Labute approximate surface area is 155 Å². The van der Waals surface area contributed by atoms with Gasteiger partial charge in [0.15, 0.2) is 5.65 Å². The van der Waals surface area contributed by atoms with Crippen LogP contribution < -0.4 is 11.0 Å². The molecular formula is C19H21N5OS. The molecule has 0 amide bonds. The standard InChI is InChI=1S/C19H21N5OS/c1-23(2)7-6-20-11-15-10-18-21-22-19(25)24(18)17-9-13(3-4-16(15)17)14-5-8-26-12-14/h3-5,8-10,12,20H,6-7,11H2,1-2H3,(H,22,25). The summed E-state index contributed by atoms with van der Waals surface area (Å²) in [5.41, 5.74) is 4.73. The molecular weight excluding hydrogens is 346 g/mol. The maximum atomic E-state index is 12.3. The van der Waals surface area contributed by atoms with E-state index in [9.17, 15) is 4.79 Å². The van der Waals surface area contributed by atoms with Crippen LogP contribution in [0.25, 0.3) is 27.7 Å². The Morgan fingerprint density at radius 1 is 1.23 bits per heavy atom. The largest absolute Gasteiger partial charge is 0.348 e. The molecule has 0 fully saturated rings. The normalized spacial score (nSPS) is 11.8. The molecule has 2 N–H and O–H groups in total. The number of hydrogen-bond donors (Lipinski definition) is 2. The van der Waals surface area contributed by atoms with Crippen LogP contribution in [0.1, 0.15) is 5.56 Å². The van der Waals surface area contributed by atoms with Crippen LogP contribution in [-0.4, -0.2) is 46.7 Å². The van der Waals surface area contributed by atoms with E-state index in [4.69, 9.17) is 0 Å². The lowest BCUT2D eigenvalue weighted by molar-refractivity contribution is 0.400. The first-order valence-electron chi connectivity index (χ1n) is 8.54. The van der Waals surface area contributed by atoms with Crippen LogP contribution in [0.5, 0.6) is 0 Å². The zero-order valence-corrected chi connectivity index (χ0v) is 15.6. The Kier molecular flexibility index (Phi) is 4.58. The number of aromatic amines is 1. The molecule has 0 aliphatic rings. The minimum Gasteiger partial charge on any atom is -0.311 e. The summed E-state index contributed by atoms with van der Waals surface area (Å²) in [6, 6.07) is 10.4. The number of rotatable bonds is 6. The van der Waals surface area contributed by atoms with Gasteiger partial charge in [-0.25, -0.2) is 14.3 Å². The first-order chi connectivity index (χ1) is 12.6. The monoisotopic (exact) mass is 367 g/mol. The Morgan fingerprint density at radius 2 is 2.12 bits per heavy atom. The summed E-state index contributed by atoms with van der Waals surface area (Å²) in [5, 5.41) is 15.4. The summed E-state index contributed by atoms with van der Waals surface area (Å²) in [5.74, 6) is 0. The van der Waals surface area contributed by atoms with Gasteiger partial charge >= 0.3 is 5.69 Å². The van der Waals surface area contributed by atoms with Crippen molar-refractivity contribution in [1.29, 1.82) is 0 Å². The number of thiophene rings is 1. The molecule has 3 aromatic heterocycles. The molecule has 4 rings (SSSR count). The highest BCUT2D eigenvalue weighted by atomic mass is 32.1. The first kappa shape index (κ1) is 17.0. The van der Waals surface area contributed by atoms with Crippen LogP contribution in [-0.2, 0) is 6.54 Å². The molecule has 0 bridgehead atoms. The van der Waals surface area contributed by atoms with Gasteiger partial charge in [-0.3, -0.25) is 0 Å². The van der Waals surface area contributed by atoms with Crippen molar-refractivity contribution in [1.82, 2.24) is 24.8 Å². The third-order valence-electron chi connectivity index (χ3n) is 4.49. The Balaban J connectivity index is 1.80. The predicted molar refractivity (Wildman–Crippen MR) is 107 cm³/mol. The van der Waals surface area contributed by atoms with Gasteiger partial charge in [0.2, 0.25) is 0 Å². The summed E-state index contributed by atoms with van der Waals surface area (Å²) in [6.07, 6.45) is 0. The minimum absolute atomic E-state index is 0.209. The third kappa shape index (κ3) is 3.16. The number of nitrogens with zero attached hydrogens (tertiary/aromatic N) is 3. The summed E-state index contributed by atoms with van der Waals surface area (Å²) in [4.78, 5) is 14.4. The van der Waals surface area contributed by atoms with Crippen molar-refractivity contribution in [3.05, 3.63) is 57.1 Å². The molecule has 0 atom stereocenters. The summed E-state index contributed by atoms with van der Waals surface area (Å²) in [6.45, 7) is 2.62. The lowest BCUT2D eigenvalue weighted by Crippen LogP contribution is -2.26. The molecule has 134 valence electrons.